The van der Waals surface area contributed by atoms with Crippen molar-refractivity contribution in [3.63, 3.8) is 0 Å². The highest BCUT2D eigenvalue weighted by atomic mass is 32.1. The topological polar surface area (TPSA) is 29.9 Å². The Labute approximate surface area is 122 Å². The van der Waals surface area contributed by atoms with Gasteiger partial charge in [-0.25, -0.2) is 4.68 Å². The summed E-state index contributed by atoms with van der Waals surface area (Å²) in [6.45, 7) is 2.20. The zero-order valence-corrected chi connectivity index (χ0v) is 12.2. The fourth-order valence-electron chi connectivity index (χ4n) is 2.20. The van der Waals surface area contributed by atoms with E-state index in [4.69, 9.17) is 0 Å². The van der Waals surface area contributed by atoms with Crippen molar-refractivity contribution in [2.45, 2.75) is 19.4 Å². The summed E-state index contributed by atoms with van der Waals surface area (Å²) in [7, 11) is 0. The molecule has 0 saturated carbocycles. The lowest BCUT2D eigenvalue weighted by Gasteiger charge is -2.17. The third kappa shape index (κ3) is 2.75. The number of nitrogens with one attached hydrogen (secondary N) is 1. The van der Waals surface area contributed by atoms with Crippen LogP contribution in [0.15, 0.2) is 60.2 Å². The molecule has 2 aromatic heterocycles. The number of aromatic nitrogens is 2. The van der Waals surface area contributed by atoms with Gasteiger partial charge in [-0.1, -0.05) is 13.0 Å². The molecule has 0 aliphatic rings. The van der Waals surface area contributed by atoms with E-state index in [1.807, 2.05) is 16.9 Å². The quantitative estimate of drug-likeness (QED) is 0.747. The molecule has 0 amide bonds. The van der Waals surface area contributed by atoms with E-state index < -0.39 is 0 Å². The molecule has 0 aliphatic heterocycles. The summed E-state index contributed by atoms with van der Waals surface area (Å²) in [6, 6.07) is 15.0. The van der Waals surface area contributed by atoms with E-state index in [0.29, 0.717) is 6.04 Å². The van der Waals surface area contributed by atoms with Gasteiger partial charge in [0.15, 0.2) is 0 Å². The van der Waals surface area contributed by atoms with Gasteiger partial charge in [-0.3, -0.25) is 0 Å². The van der Waals surface area contributed by atoms with E-state index >= 15 is 0 Å². The molecule has 1 N–H and O–H groups in total. The Hall–Kier alpha value is -2.07. The van der Waals surface area contributed by atoms with Crippen LogP contribution in [0.4, 0.5) is 5.69 Å². The van der Waals surface area contributed by atoms with Crippen molar-refractivity contribution in [2.24, 2.45) is 0 Å². The maximum atomic E-state index is 4.23. The van der Waals surface area contributed by atoms with Crippen LogP contribution >= 0.6 is 11.3 Å². The first-order valence-electron chi connectivity index (χ1n) is 6.77. The lowest BCUT2D eigenvalue weighted by Crippen LogP contribution is -2.08. The van der Waals surface area contributed by atoms with Gasteiger partial charge in [0.25, 0.3) is 0 Å². The van der Waals surface area contributed by atoms with Crippen molar-refractivity contribution in [3.05, 3.63) is 65.1 Å². The minimum atomic E-state index is 0.380. The van der Waals surface area contributed by atoms with E-state index in [1.165, 1.54) is 4.88 Å². The van der Waals surface area contributed by atoms with Gasteiger partial charge in [0.05, 0.1) is 11.7 Å². The fourth-order valence-corrected chi connectivity index (χ4v) is 3.06. The second kappa shape index (κ2) is 5.92. The molecule has 3 nitrogen and oxygen atoms in total. The van der Waals surface area contributed by atoms with Gasteiger partial charge in [-0.05, 0) is 48.2 Å². The fraction of sp³-hybridized carbons (Fsp3) is 0.188. The average molecular weight is 283 g/mol. The summed E-state index contributed by atoms with van der Waals surface area (Å²) in [5, 5.41) is 9.94. The number of hydrogen-bond acceptors (Lipinski definition) is 3. The zero-order valence-electron chi connectivity index (χ0n) is 11.4. The molecule has 0 spiro atoms. The molecule has 20 heavy (non-hydrogen) atoms. The second-order valence-corrected chi connectivity index (χ2v) is 5.60. The lowest BCUT2D eigenvalue weighted by atomic mass is 10.1. The monoisotopic (exact) mass is 283 g/mol. The van der Waals surface area contributed by atoms with Crippen LogP contribution in [-0.4, -0.2) is 9.78 Å². The largest absolute Gasteiger partial charge is 0.377 e. The van der Waals surface area contributed by atoms with E-state index in [-0.39, 0.29) is 0 Å². The Balaban J connectivity index is 1.75. The maximum Gasteiger partial charge on any atom is 0.0647 e. The van der Waals surface area contributed by atoms with Gasteiger partial charge < -0.3 is 5.32 Å². The second-order valence-electron chi connectivity index (χ2n) is 4.62. The molecule has 1 atom stereocenters. The molecular weight excluding hydrogens is 266 g/mol. The molecule has 0 saturated heterocycles. The Bertz CT molecular complexity index is 627. The minimum Gasteiger partial charge on any atom is -0.377 e. The van der Waals surface area contributed by atoms with Crippen molar-refractivity contribution in [2.75, 3.05) is 5.32 Å². The highest BCUT2D eigenvalue weighted by Gasteiger charge is 2.09. The van der Waals surface area contributed by atoms with Gasteiger partial charge >= 0.3 is 0 Å². The summed E-state index contributed by atoms with van der Waals surface area (Å²) in [5.74, 6) is 0. The minimum absolute atomic E-state index is 0.380. The third-order valence-corrected chi connectivity index (χ3v) is 4.26. The van der Waals surface area contributed by atoms with Gasteiger partial charge in [-0.2, -0.15) is 5.10 Å². The van der Waals surface area contributed by atoms with E-state index in [1.54, 1.807) is 17.5 Å². The number of anilines is 1. The van der Waals surface area contributed by atoms with Crippen LogP contribution in [0, 0.1) is 0 Å². The average Bonchev–Trinajstić information content (AvgIpc) is 3.18. The number of thiophene rings is 1. The number of rotatable bonds is 5. The first kappa shape index (κ1) is 12.9. The van der Waals surface area contributed by atoms with Crippen LogP contribution in [0.1, 0.15) is 24.3 Å². The van der Waals surface area contributed by atoms with Crippen LogP contribution in [0.3, 0.4) is 0 Å². The Morgan fingerprint density at radius 1 is 1.20 bits per heavy atom. The smallest absolute Gasteiger partial charge is 0.0647 e. The highest BCUT2D eigenvalue weighted by Crippen LogP contribution is 2.26. The van der Waals surface area contributed by atoms with Gasteiger partial charge in [0, 0.05) is 23.0 Å². The van der Waals surface area contributed by atoms with E-state index in [9.17, 15) is 0 Å². The van der Waals surface area contributed by atoms with E-state index in [0.717, 1.165) is 17.8 Å². The van der Waals surface area contributed by atoms with Crippen molar-refractivity contribution in [3.8, 4) is 5.69 Å². The molecule has 4 heteroatoms. The van der Waals surface area contributed by atoms with Crippen molar-refractivity contribution in [1.29, 1.82) is 0 Å². The Morgan fingerprint density at radius 3 is 2.65 bits per heavy atom. The molecule has 0 aliphatic carbocycles. The molecule has 0 radical (unpaired) electrons. The molecule has 0 bridgehead atoms. The first-order valence-corrected chi connectivity index (χ1v) is 7.65. The predicted octanol–water partition coefficient (Wildman–Crippen LogP) is 4.50. The number of benzene rings is 1. The molecule has 1 aromatic carbocycles. The lowest BCUT2D eigenvalue weighted by molar-refractivity contribution is 0.764. The standard InChI is InChI=1S/C16H17N3S/c1-2-15(16-5-3-12-20-16)18-13-6-8-14(9-7-13)19-11-4-10-17-19/h3-12,15,18H,2H2,1H3. The SMILES string of the molecule is CCC(Nc1ccc(-n2cccn2)cc1)c1cccs1. The summed E-state index contributed by atoms with van der Waals surface area (Å²) in [6.07, 6.45) is 4.81. The third-order valence-electron chi connectivity index (χ3n) is 3.27. The van der Waals surface area contributed by atoms with Crippen molar-refractivity contribution in [1.82, 2.24) is 9.78 Å². The zero-order chi connectivity index (χ0) is 13.8. The molecule has 3 aromatic rings. The Morgan fingerprint density at radius 2 is 2.05 bits per heavy atom. The molecule has 102 valence electrons. The van der Waals surface area contributed by atoms with Crippen molar-refractivity contribution < 1.29 is 0 Å². The van der Waals surface area contributed by atoms with Crippen LogP contribution in [0.2, 0.25) is 0 Å². The predicted molar refractivity (Wildman–Crippen MR) is 84.5 cm³/mol. The molecule has 3 rings (SSSR count). The van der Waals surface area contributed by atoms with Gasteiger partial charge in [-0.15, -0.1) is 11.3 Å². The summed E-state index contributed by atoms with van der Waals surface area (Å²) in [4.78, 5) is 1.38. The Kier molecular flexibility index (Phi) is 3.83. The van der Waals surface area contributed by atoms with Gasteiger partial charge in [0.2, 0.25) is 0 Å². The van der Waals surface area contributed by atoms with Gasteiger partial charge in [0.1, 0.15) is 0 Å². The number of hydrogen-bond donors (Lipinski definition) is 1. The molecule has 0 fully saturated rings. The molecular formula is C16H17N3S. The number of nitrogens with zero attached hydrogens (tertiary/aromatic N) is 2. The normalized spacial score (nSPS) is 12.2. The maximum absolute atomic E-state index is 4.23. The first-order chi connectivity index (χ1) is 9.86. The highest BCUT2D eigenvalue weighted by molar-refractivity contribution is 7.10. The summed E-state index contributed by atoms with van der Waals surface area (Å²) in [5.41, 5.74) is 2.21. The van der Waals surface area contributed by atoms with Crippen LogP contribution in [0.5, 0.6) is 0 Å². The summed E-state index contributed by atoms with van der Waals surface area (Å²) >= 11 is 1.80. The van der Waals surface area contributed by atoms with Crippen molar-refractivity contribution >= 4 is 17.0 Å². The van der Waals surface area contributed by atoms with Crippen LogP contribution in [0.25, 0.3) is 5.69 Å². The summed E-state index contributed by atoms with van der Waals surface area (Å²) < 4.78 is 1.86. The van der Waals surface area contributed by atoms with Crippen LogP contribution in [-0.2, 0) is 0 Å². The molecule has 2 heterocycles. The molecule has 1 unspecified atom stereocenters. The van der Waals surface area contributed by atoms with Crippen LogP contribution < -0.4 is 5.32 Å². The van der Waals surface area contributed by atoms with E-state index in [2.05, 4.69) is 59.1 Å².